The summed E-state index contributed by atoms with van der Waals surface area (Å²) in [6, 6.07) is 14.0. The predicted octanol–water partition coefficient (Wildman–Crippen LogP) is 3.18. The van der Waals surface area contributed by atoms with Crippen molar-refractivity contribution in [3.8, 4) is 22.8 Å². The van der Waals surface area contributed by atoms with Crippen molar-refractivity contribution in [1.82, 2.24) is 9.78 Å². The second-order valence-electron chi connectivity index (χ2n) is 6.65. The van der Waals surface area contributed by atoms with E-state index in [1.54, 1.807) is 38.5 Å². The largest absolute Gasteiger partial charge is 0.497 e. The van der Waals surface area contributed by atoms with Crippen molar-refractivity contribution in [2.45, 2.75) is 20.4 Å². The number of carbonyl (C=O) groups excluding carboxylic acids is 1. The zero-order valence-corrected chi connectivity index (χ0v) is 16.9. The molecule has 0 bridgehead atoms. The monoisotopic (exact) mass is 393 g/mol. The molecule has 0 radical (unpaired) electrons. The van der Waals surface area contributed by atoms with Gasteiger partial charge in [0.25, 0.3) is 5.56 Å². The molecule has 0 saturated carbocycles. The van der Waals surface area contributed by atoms with Crippen LogP contribution in [0.4, 0.5) is 5.69 Å². The summed E-state index contributed by atoms with van der Waals surface area (Å²) in [5, 5.41) is 7.18. The molecule has 3 aromatic rings. The van der Waals surface area contributed by atoms with Gasteiger partial charge in [0.05, 0.1) is 19.9 Å². The number of benzene rings is 2. The molecule has 0 aliphatic heterocycles. The van der Waals surface area contributed by atoms with E-state index in [4.69, 9.17) is 9.47 Å². The van der Waals surface area contributed by atoms with Crippen LogP contribution < -0.4 is 20.3 Å². The van der Waals surface area contributed by atoms with Crippen LogP contribution in [0.15, 0.2) is 53.3 Å². The fourth-order valence-electron chi connectivity index (χ4n) is 3.00. The zero-order valence-electron chi connectivity index (χ0n) is 16.9. The smallest absolute Gasteiger partial charge is 0.267 e. The Morgan fingerprint density at radius 3 is 2.52 bits per heavy atom. The van der Waals surface area contributed by atoms with E-state index >= 15 is 0 Å². The molecule has 1 heterocycles. The second-order valence-corrected chi connectivity index (χ2v) is 6.65. The third-order valence-corrected chi connectivity index (χ3v) is 4.50. The van der Waals surface area contributed by atoms with Gasteiger partial charge < -0.3 is 14.8 Å². The van der Waals surface area contributed by atoms with Crippen molar-refractivity contribution in [3.05, 3.63) is 70.0 Å². The summed E-state index contributed by atoms with van der Waals surface area (Å²) in [7, 11) is 3.12. The van der Waals surface area contributed by atoms with Crippen LogP contribution in [0.5, 0.6) is 11.5 Å². The molecule has 2 aromatic carbocycles. The first-order chi connectivity index (χ1) is 13.9. The Morgan fingerprint density at radius 2 is 1.83 bits per heavy atom. The Labute approximate surface area is 168 Å². The molecule has 0 aliphatic carbocycles. The van der Waals surface area contributed by atoms with Gasteiger partial charge in [-0.1, -0.05) is 17.7 Å². The van der Waals surface area contributed by atoms with Gasteiger partial charge in [-0.25, -0.2) is 4.68 Å². The van der Waals surface area contributed by atoms with Crippen LogP contribution in [-0.4, -0.2) is 29.9 Å². The van der Waals surface area contributed by atoms with Crippen LogP contribution in [0.1, 0.15) is 11.1 Å². The van der Waals surface area contributed by atoms with Crippen LogP contribution in [0.3, 0.4) is 0 Å². The van der Waals surface area contributed by atoms with E-state index in [-0.39, 0.29) is 18.0 Å². The lowest BCUT2D eigenvalue weighted by Crippen LogP contribution is -2.29. The van der Waals surface area contributed by atoms with Gasteiger partial charge in [0.2, 0.25) is 5.91 Å². The number of nitrogens with one attached hydrogen (secondary N) is 1. The highest BCUT2D eigenvalue weighted by atomic mass is 16.5. The lowest BCUT2D eigenvalue weighted by atomic mass is 10.1. The predicted molar refractivity (Wildman–Crippen MR) is 112 cm³/mol. The molecule has 7 heteroatoms. The summed E-state index contributed by atoms with van der Waals surface area (Å²) in [5.74, 6) is 0.887. The van der Waals surface area contributed by atoms with Crippen LogP contribution in [-0.2, 0) is 11.3 Å². The Morgan fingerprint density at radius 1 is 1.03 bits per heavy atom. The fraction of sp³-hybridized carbons (Fsp3) is 0.227. The van der Waals surface area contributed by atoms with Crippen molar-refractivity contribution in [3.63, 3.8) is 0 Å². The molecule has 0 fully saturated rings. The summed E-state index contributed by atoms with van der Waals surface area (Å²) < 4.78 is 11.8. The molecule has 3 rings (SSSR count). The number of hydrogen-bond acceptors (Lipinski definition) is 5. The molecule has 150 valence electrons. The molecule has 0 spiro atoms. The number of methoxy groups -OCH3 is 2. The van der Waals surface area contributed by atoms with Gasteiger partial charge in [-0.3, -0.25) is 9.59 Å². The first-order valence-corrected chi connectivity index (χ1v) is 9.09. The van der Waals surface area contributed by atoms with Gasteiger partial charge in [-0.2, -0.15) is 5.10 Å². The van der Waals surface area contributed by atoms with Gasteiger partial charge in [-0.05, 0) is 49.7 Å². The Kier molecular flexibility index (Phi) is 5.97. The van der Waals surface area contributed by atoms with E-state index in [0.717, 1.165) is 15.8 Å². The number of aromatic nitrogens is 2. The average molecular weight is 393 g/mol. The van der Waals surface area contributed by atoms with Crippen molar-refractivity contribution in [2.75, 3.05) is 19.5 Å². The van der Waals surface area contributed by atoms with Crippen LogP contribution in [0.2, 0.25) is 0 Å². The maximum Gasteiger partial charge on any atom is 0.267 e. The van der Waals surface area contributed by atoms with E-state index in [1.807, 2.05) is 32.0 Å². The highest BCUT2D eigenvalue weighted by Crippen LogP contribution is 2.31. The van der Waals surface area contributed by atoms with E-state index in [0.29, 0.717) is 28.4 Å². The quantitative estimate of drug-likeness (QED) is 0.696. The average Bonchev–Trinajstić information content (AvgIpc) is 2.71. The maximum absolute atomic E-state index is 12.5. The van der Waals surface area contributed by atoms with Gasteiger partial charge >= 0.3 is 0 Å². The number of nitrogens with zero attached hydrogens (tertiary/aromatic N) is 2. The van der Waals surface area contributed by atoms with Crippen molar-refractivity contribution < 1.29 is 14.3 Å². The minimum Gasteiger partial charge on any atom is -0.497 e. The Bertz CT molecular complexity index is 1110. The molecule has 0 unspecified atom stereocenters. The number of anilines is 1. The number of rotatable bonds is 6. The molecular formula is C22H23N3O4. The standard InChI is InChI=1S/C22H23N3O4/c1-14-5-7-18(15(2)11-14)23-21(26)13-25-22(27)10-8-19(24-25)17-12-16(28-3)6-9-20(17)29-4/h5-12H,13H2,1-4H3,(H,23,26). The SMILES string of the molecule is COc1ccc(OC)c(-c2ccc(=O)n(CC(=O)Nc3ccc(C)cc3C)n2)c1. The number of carbonyl (C=O) groups is 1. The topological polar surface area (TPSA) is 82.5 Å². The third kappa shape index (κ3) is 4.63. The van der Waals surface area contributed by atoms with E-state index < -0.39 is 0 Å². The fourth-order valence-corrected chi connectivity index (χ4v) is 3.00. The summed E-state index contributed by atoms with van der Waals surface area (Å²) in [6.45, 7) is 3.70. The first kappa shape index (κ1) is 20.1. The molecule has 1 amide bonds. The van der Waals surface area contributed by atoms with Gasteiger partial charge in [0.1, 0.15) is 18.0 Å². The highest BCUT2D eigenvalue weighted by Gasteiger charge is 2.13. The molecule has 7 nitrogen and oxygen atoms in total. The van der Waals surface area contributed by atoms with Gasteiger partial charge in [0.15, 0.2) is 0 Å². The number of hydrogen-bond donors (Lipinski definition) is 1. The van der Waals surface area contributed by atoms with Crippen LogP contribution in [0.25, 0.3) is 11.3 Å². The number of amides is 1. The number of aryl methyl sites for hydroxylation is 2. The van der Waals surface area contributed by atoms with Crippen LogP contribution >= 0.6 is 0 Å². The van der Waals surface area contributed by atoms with E-state index in [2.05, 4.69) is 10.4 Å². The summed E-state index contributed by atoms with van der Waals surface area (Å²) in [4.78, 5) is 24.7. The summed E-state index contributed by atoms with van der Waals surface area (Å²) in [5.41, 5.74) is 3.56. The zero-order chi connectivity index (χ0) is 21.0. The van der Waals surface area contributed by atoms with Gasteiger partial charge in [0, 0.05) is 17.3 Å². The normalized spacial score (nSPS) is 10.5. The van der Waals surface area contributed by atoms with Gasteiger partial charge in [-0.15, -0.1) is 0 Å². The first-order valence-electron chi connectivity index (χ1n) is 9.09. The summed E-state index contributed by atoms with van der Waals surface area (Å²) in [6.07, 6.45) is 0. The van der Waals surface area contributed by atoms with Crippen LogP contribution in [0, 0.1) is 13.8 Å². The minimum absolute atomic E-state index is 0.202. The van der Waals surface area contributed by atoms with E-state index in [1.165, 1.54) is 6.07 Å². The highest BCUT2D eigenvalue weighted by molar-refractivity contribution is 5.91. The molecular weight excluding hydrogens is 370 g/mol. The van der Waals surface area contributed by atoms with Crippen molar-refractivity contribution in [2.24, 2.45) is 0 Å². The van der Waals surface area contributed by atoms with Crippen molar-refractivity contribution >= 4 is 11.6 Å². The third-order valence-electron chi connectivity index (χ3n) is 4.50. The van der Waals surface area contributed by atoms with Crippen molar-refractivity contribution in [1.29, 1.82) is 0 Å². The molecule has 29 heavy (non-hydrogen) atoms. The number of ether oxygens (including phenoxy) is 2. The maximum atomic E-state index is 12.5. The van der Waals surface area contributed by atoms with E-state index in [9.17, 15) is 9.59 Å². The molecule has 1 aromatic heterocycles. The second kappa shape index (κ2) is 8.60. The Balaban J connectivity index is 1.88. The molecule has 0 aliphatic rings. The molecule has 0 saturated heterocycles. The lowest BCUT2D eigenvalue weighted by molar-refractivity contribution is -0.117. The molecule has 1 N–H and O–H groups in total. The Hall–Kier alpha value is -3.61. The lowest BCUT2D eigenvalue weighted by Gasteiger charge is -2.12. The summed E-state index contributed by atoms with van der Waals surface area (Å²) >= 11 is 0. The minimum atomic E-state index is -0.369. The molecule has 0 atom stereocenters.